The largest absolute Gasteiger partial charge is 0.339 e. The molecular formula is C10H7ClFN3. The minimum atomic E-state index is -0.808. The average Bonchev–Trinajstić information content (AvgIpc) is 2.25. The van der Waals surface area contributed by atoms with Crippen LogP contribution >= 0.6 is 11.6 Å². The Bertz CT molecular complexity index is 461. The summed E-state index contributed by atoms with van der Waals surface area (Å²) in [6.45, 7) is 0. The van der Waals surface area contributed by atoms with Crippen molar-refractivity contribution in [2.24, 2.45) is 0 Å². The molecule has 76 valence electrons. The molecule has 1 heterocycles. The first-order valence-electron chi connectivity index (χ1n) is 4.26. The number of halogens is 2. The summed E-state index contributed by atoms with van der Waals surface area (Å²) >= 11 is 5.79. The summed E-state index contributed by atoms with van der Waals surface area (Å²) in [6.07, 6.45) is 0.410. The number of nitrogens with zero attached hydrogens (tertiary/aromatic N) is 2. The molecule has 0 aliphatic rings. The van der Waals surface area contributed by atoms with Gasteiger partial charge in [-0.2, -0.15) is 9.37 Å². The molecule has 15 heavy (non-hydrogen) atoms. The number of rotatable bonds is 2. The van der Waals surface area contributed by atoms with E-state index in [9.17, 15) is 4.39 Å². The molecule has 0 aliphatic carbocycles. The van der Waals surface area contributed by atoms with E-state index in [4.69, 9.17) is 11.6 Å². The van der Waals surface area contributed by atoms with Crippen molar-refractivity contribution in [3.63, 3.8) is 0 Å². The molecule has 0 aliphatic heterocycles. The van der Waals surface area contributed by atoms with Gasteiger partial charge in [0.25, 0.3) is 0 Å². The summed E-state index contributed by atoms with van der Waals surface area (Å²) in [6, 6.07) is 9.25. The lowest BCUT2D eigenvalue weighted by Gasteiger charge is -2.05. The van der Waals surface area contributed by atoms with Crippen LogP contribution in [0.3, 0.4) is 0 Å². The second-order valence-electron chi connectivity index (χ2n) is 2.83. The van der Waals surface area contributed by atoms with Crippen LogP contribution in [0.25, 0.3) is 0 Å². The van der Waals surface area contributed by atoms with Crippen molar-refractivity contribution in [3.8, 4) is 0 Å². The predicted molar refractivity (Wildman–Crippen MR) is 56.7 cm³/mol. The topological polar surface area (TPSA) is 37.8 Å². The molecule has 0 unspecified atom stereocenters. The number of nitrogens with one attached hydrogen (secondary N) is 1. The molecule has 1 aromatic carbocycles. The third kappa shape index (κ3) is 2.41. The van der Waals surface area contributed by atoms with Crippen molar-refractivity contribution in [2.45, 2.75) is 0 Å². The summed E-state index contributed by atoms with van der Waals surface area (Å²) in [5, 5.41) is 3.17. The normalized spacial score (nSPS) is 10.0. The van der Waals surface area contributed by atoms with Crippen LogP contribution in [0.4, 0.5) is 15.9 Å². The Kier molecular flexibility index (Phi) is 2.78. The molecule has 3 nitrogen and oxygen atoms in total. The third-order valence-corrected chi connectivity index (χ3v) is 2.03. The molecule has 0 amide bonds. The van der Waals surface area contributed by atoms with Gasteiger partial charge < -0.3 is 5.32 Å². The standard InChI is InChI=1S/C10H7ClFN3/c11-8-6-13-10(12)15-9(8)14-7-4-2-1-3-5-7/h1-6H,(H,13,14,15). The van der Waals surface area contributed by atoms with Crippen LogP contribution in [0, 0.1) is 6.08 Å². The van der Waals surface area contributed by atoms with Gasteiger partial charge in [-0.05, 0) is 12.1 Å². The Balaban J connectivity index is 2.28. The van der Waals surface area contributed by atoms with Crippen molar-refractivity contribution in [1.82, 2.24) is 9.97 Å². The molecule has 0 radical (unpaired) electrons. The summed E-state index contributed by atoms with van der Waals surface area (Å²) in [4.78, 5) is 6.88. The van der Waals surface area contributed by atoms with E-state index >= 15 is 0 Å². The van der Waals surface area contributed by atoms with Gasteiger partial charge in [-0.15, -0.1) is 0 Å². The van der Waals surface area contributed by atoms with E-state index < -0.39 is 6.08 Å². The lowest BCUT2D eigenvalue weighted by molar-refractivity contribution is 0.540. The van der Waals surface area contributed by atoms with Crippen LogP contribution in [-0.2, 0) is 0 Å². The van der Waals surface area contributed by atoms with E-state index in [2.05, 4.69) is 15.3 Å². The zero-order chi connectivity index (χ0) is 10.7. The number of para-hydroxylation sites is 1. The van der Waals surface area contributed by atoms with Crippen LogP contribution in [0.1, 0.15) is 0 Å². The highest BCUT2D eigenvalue weighted by Crippen LogP contribution is 2.21. The summed E-state index contributed by atoms with van der Waals surface area (Å²) < 4.78 is 12.7. The lowest BCUT2D eigenvalue weighted by Crippen LogP contribution is -1.98. The van der Waals surface area contributed by atoms with Crippen molar-refractivity contribution in [1.29, 1.82) is 0 Å². The molecular weight excluding hydrogens is 217 g/mol. The summed E-state index contributed by atoms with van der Waals surface area (Å²) in [5.41, 5.74) is 0.789. The van der Waals surface area contributed by atoms with Gasteiger partial charge in [0, 0.05) is 5.69 Å². The molecule has 2 aromatic rings. The van der Waals surface area contributed by atoms with Gasteiger partial charge in [-0.1, -0.05) is 29.8 Å². The first kappa shape index (κ1) is 9.86. The maximum Gasteiger partial charge on any atom is 0.310 e. The number of hydrogen-bond donors (Lipinski definition) is 1. The fraction of sp³-hybridized carbons (Fsp3) is 0. The van der Waals surface area contributed by atoms with Crippen LogP contribution < -0.4 is 5.32 Å². The molecule has 0 atom stereocenters. The smallest absolute Gasteiger partial charge is 0.310 e. The van der Waals surface area contributed by atoms with E-state index in [-0.39, 0.29) is 10.8 Å². The quantitative estimate of drug-likeness (QED) is 0.796. The van der Waals surface area contributed by atoms with E-state index in [1.54, 1.807) is 0 Å². The molecule has 1 aromatic heterocycles. The van der Waals surface area contributed by atoms with E-state index in [0.29, 0.717) is 0 Å². The Morgan fingerprint density at radius 3 is 2.67 bits per heavy atom. The van der Waals surface area contributed by atoms with Gasteiger partial charge in [-0.25, -0.2) is 4.98 Å². The summed E-state index contributed by atoms with van der Waals surface area (Å²) in [7, 11) is 0. The predicted octanol–water partition coefficient (Wildman–Crippen LogP) is 3.01. The van der Waals surface area contributed by atoms with E-state index in [0.717, 1.165) is 5.69 Å². The molecule has 0 fully saturated rings. The van der Waals surface area contributed by atoms with Gasteiger partial charge in [-0.3, -0.25) is 0 Å². The zero-order valence-electron chi connectivity index (χ0n) is 7.61. The molecule has 0 saturated heterocycles. The van der Waals surface area contributed by atoms with Crippen LogP contribution in [0.5, 0.6) is 0 Å². The van der Waals surface area contributed by atoms with Gasteiger partial charge >= 0.3 is 6.08 Å². The van der Waals surface area contributed by atoms with Crippen LogP contribution in [-0.4, -0.2) is 9.97 Å². The second-order valence-corrected chi connectivity index (χ2v) is 3.23. The molecule has 1 N–H and O–H groups in total. The maximum absolute atomic E-state index is 12.7. The average molecular weight is 224 g/mol. The maximum atomic E-state index is 12.7. The SMILES string of the molecule is Fc1ncc(Cl)c(Nc2ccccc2)n1. The molecule has 0 bridgehead atoms. The van der Waals surface area contributed by atoms with Crippen molar-refractivity contribution >= 4 is 23.1 Å². The number of hydrogen-bond acceptors (Lipinski definition) is 3. The minimum Gasteiger partial charge on any atom is -0.339 e. The minimum absolute atomic E-state index is 0.260. The fourth-order valence-electron chi connectivity index (χ4n) is 1.09. The first-order valence-corrected chi connectivity index (χ1v) is 4.63. The lowest BCUT2D eigenvalue weighted by atomic mass is 10.3. The van der Waals surface area contributed by atoms with Crippen molar-refractivity contribution in [2.75, 3.05) is 5.32 Å². The molecule has 5 heteroatoms. The van der Waals surface area contributed by atoms with E-state index in [1.807, 2.05) is 30.3 Å². The Morgan fingerprint density at radius 2 is 1.93 bits per heavy atom. The van der Waals surface area contributed by atoms with Gasteiger partial charge in [0.2, 0.25) is 0 Å². The van der Waals surface area contributed by atoms with Gasteiger partial charge in [0.15, 0.2) is 5.82 Å². The van der Waals surface area contributed by atoms with Crippen molar-refractivity contribution in [3.05, 3.63) is 47.6 Å². The van der Waals surface area contributed by atoms with Crippen LogP contribution in [0.15, 0.2) is 36.5 Å². The highest BCUT2D eigenvalue weighted by atomic mass is 35.5. The second kappa shape index (κ2) is 4.23. The highest BCUT2D eigenvalue weighted by Gasteiger charge is 2.04. The molecule has 0 spiro atoms. The third-order valence-electron chi connectivity index (χ3n) is 1.75. The Hall–Kier alpha value is -1.68. The Morgan fingerprint density at radius 1 is 1.20 bits per heavy atom. The number of anilines is 2. The Labute approximate surface area is 90.9 Å². The number of aromatic nitrogens is 2. The van der Waals surface area contributed by atoms with E-state index in [1.165, 1.54) is 6.20 Å². The number of benzene rings is 1. The van der Waals surface area contributed by atoms with Gasteiger partial charge in [0.05, 0.1) is 6.20 Å². The van der Waals surface area contributed by atoms with Crippen LogP contribution in [0.2, 0.25) is 5.02 Å². The first-order chi connectivity index (χ1) is 7.25. The molecule has 0 saturated carbocycles. The fourth-order valence-corrected chi connectivity index (χ4v) is 1.23. The highest BCUT2D eigenvalue weighted by molar-refractivity contribution is 6.32. The summed E-state index contributed by atoms with van der Waals surface area (Å²) in [5.74, 6) is 0.260. The van der Waals surface area contributed by atoms with Crippen molar-refractivity contribution < 1.29 is 4.39 Å². The monoisotopic (exact) mass is 223 g/mol. The molecule has 2 rings (SSSR count). The zero-order valence-corrected chi connectivity index (χ0v) is 8.37. The van der Waals surface area contributed by atoms with Gasteiger partial charge in [0.1, 0.15) is 5.02 Å².